The molecule has 0 aliphatic heterocycles. The van der Waals surface area contributed by atoms with Crippen molar-refractivity contribution < 1.29 is 13.2 Å². The highest BCUT2D eigenvalue weighted by atomic mass is 32.2. The topological polar surface area (TPSA) is 78.5 Å². The van der Waals surface area contributed by atoms with Gasteiger partial charge in [0.15, 0.2) is 0 Å². The van der Waals surface area contributed by atoms with E-state index in [1.165, 1.54) is 12.1 Å². The highest BCUT2D eigenvalue weighted by Crippen LogP contribution is 2.16. The zero-order chi connectivity index (χ0) is 21.4. The van der Waals surface area contributed by atoms with Crippen LogP contribution in [-0.2, 0) is 16.6 Å². The van der Waals surface area contributed by atoms with Crippen LogP contribution in [0.5, 0.6) is 0 Å². The van der Waals surface area contributed by atoms with E-state index in [-0.39, 0.29) is 17.3 Å². The van der Waals surface area contributed by atoms with Crippen molar-refractivity contribution in [3.05, 3.63) is 65.2 Å². The summed E-state index contributed by atoms with van der Waals surface area (Å²) in [4.78, 5) is 15.0. The molecule has 0 spiro atoms. The van der Waals surface area contributed by atoms with E-state index in [0.717, 1.165) is 24.2 Å². The first-order chi connectivity index (χ1) is 13.7. The fraction of sp³-hybridized carbons (Fsp3) is 0.409. The Morgan fingerprint density at radius 3 is 2.41 bits per heavy atom. The lowest BCUT2D eigenvalue weighted by molar-refractivity contribution is 0.0945. The standard InChI is InChI=1S/C22H31N3O3S/c1-5-25(17(2)3)14-13-23-22(26)21-15-20(12-11-18(21)4)29(27,28)24-16-19-9-7-6-8-10-19/h6-12,15,17,24H,5,13-14,16H2,1-4H3,(H,23,26). The summed E-state index contributed by atoms with van der Waals surface area (Å²) in [5.74, 6) is -0.262. The molecule has 2 aromatic carbocycles. The average Bonchev–Trinajstić information content (AvgIpc) is 2.70. The highest BCUT2D eigenvalue weighted by Gasteiger charge is 2.18. The molecule has 2 N–H and O–H groups in total. The molecule has 0 saturated carbocycles. The third kappa shape index (κ3) is 6.66. The van der Waals surface area contributed by atoms with Gasteiger partial charge in [0, 0.05) is 31.2 Å². The summed E-state index contributed by atoms with van der Waals surface area (Å²) in [7, 11) is -3.72. The number of hydrogen-bond acceptors (Lipinski definition) is 4. The number of likely N-dealkylation sites (N-methyl/N-ethyl adjacent to an activating group) is 1. The van der Waals surface area contributed by atoms with Crippen LogP contribution in [0.2, 0.25) is 0 Å². The molecule has 0 unspecified atom stereocenters. The lowest BCUT2D eigenvalue weighted by Crippen LogP contribution is -2.38. The number of carbonyl (C=O) groups excluding carboxylic acids is 1. The summed E-state index contributed by atoms with van der Waals surface area (Å²) in [6.45, 7) is 10.5. The number of nitrogens with one attached hydrogen (secondary N) is 2. The summed E-state index contributed by atoms with van der Waals surface area (Å²) >= 11 is 0. The molecule has 0 fully saturated rings. The average molecular weight is 418 g/mol. The zero-order valence-electron chi connectivity index (χ0n) is 17.6. The molecule has 158 valence electrons. The predicted molar refractivity (Wildman–Crippen MR) is 116 cm³/mol. The second-order valence-corrected chi connectivity index (χ2v) is 9.03. The van der Waals surface area contributed by atoms with E-state index in [9.17, 15) is 13.2 Å². The van der Waals surface area contributed by atoms with Gasteiger partial charge in [-0.1, -0.05) is 43.3 Å². The Balaban J connectivity index is 2.06. The van der Waals surface area contributed by atoms with Gasteiger partial charge in [0.2, 0.25) is 10.0 Å². The van der Waals surface area contributed by atoms with Crippen molar-refractivity contribution >= 4 is 15.9 Å². The van der Waals surface area contributed by atoms with E-state index in [1.54, 1.807) is 13.0 Å². The van der Waals surface area contributed by atoms with Crippen molar-refractivity contribution in [1.82, 2.24) is 14.9 Å². The maximum absolute atomic E-state index is 12.7. The molecule has 1 amide bonds. The summed E-state index contributed by atoms with van der Waals surface area (Å²) in [6.07, 6.45) is 0. The van der Waals surface area contributed by atoms with Crippen LogP contribution in [0, 0.1) is 6.92 Å². The van der Waals surface area contributed by atoms with Crippen LogP contribution in [0.25, 0.3) is 0 Å². The second kappa shape index (κ2) is 10.5. The van der Waals surface area contributed by atoms with Crippen molar-refractivity contribution in [2.75, 3.05) is 19.6 Å². The molecular weight excluding hydrogens is 386 g/mol. The maximum Gasteiger partial charge on any atom is 0.251 e. The van der Waals surface area contributed by atoms with Crippen LogP contribution in [-0.4, -0.2) is 44.9 Å². The summed E-state index contributed by atoms with van der Waals surface area (Å²) < 4.78 is 27.9. The van der Waals surface area contributed by atoms with Crippen LogP contribution in [0.4, 0.5) is 0 Å². The first-order valence-electron chi connectivity index (χ1n) is 9.91. The second-order valence-electron chi connectivity index (χ2n) is 7.27. The Morgan fingerprint density at radius 2 is 1.79 bits per heavy atom. The van der Waals surface area contributed by atoms with Crippen molar-refractivity contribution in [3.63, 3.8) is 0 Å². The van der Waals surface area contributed by atoms with Gasteiger partial charge in [0.1, 0.15) is 0 Å². The van der Waals surface area contributed by atoms with Gasteiger partial charge in [0.25, 0.3) is 5.91 Å². The first kappa shape index (κ1) is 23.1. The normalized spacial score (nSPS) is 11.8. The number of benzene rings is 2. The fourth-order valence-corrected chi connectivity index (χ4v) is 4.10. The van der Waals surface area contributed by atoms with E-state index in [1.807, 2.05) is 30.3 Å². The van der Waals surface area contributed by atoms with Gasteiger partial charge < -0.3 is 5.32 Å². The monoisotopic (exact) mass is 417 g/mol. The van der Waals surface area contributed by atoms with E-state index >= 15 is 0 Å². The van der Waals surface area contributed by atoms with Crippen molar-refractivity contribution in [2.45, 2.75) is 45.2 Å². The Bertz CT molecular complexity index is 912. The summed E-state index contributed by atoms with van der Waals surface area (Å²) in [5.41, 5.74) is 1.98. The molecule has 0 aliphatic rings. The van der Waals surface area contributed by atoms with Gasteiger partial charge in [-0.05, 0) is 50.6 Å². The van der Waals surface area contributed by atoms with Crippen LogP contribution >= 0.6 is 0 Å². The van der Waals surface area contributed by atoms with Crippen molar-refractivity contribution in [1.29, 1.82) is 0 Å². The largest absolute Gasteiger partial charge is 0.351 e. The minimum Gasteiger partial charge on any atom is -0.351 e. The molecule has 0 aromatic heterocycles. The van der Waals surface area contributed by atoms with Gasteiger partial charge in [-0.15, -0.1) is 0 Å². The summed E-state index contributed by atoms with van der Waals surface area (Å²) in [6, 6.07) is 14.3. The third-order valence-electron chi connectivity index (χ3n) is 4.89. The Kier molecular flexibility index (Phi) is 8.37. The number of amides is 1. The molecule has 7 heteroatoms. The quantitative estimate of drug-likeness (QED) is 0.623. The Hall–Kier alpha value is -2.22. The van der Waals surface area contributed by atoms with E-state index in [4.69, 9.17) is 0 Å². The SMILES string of the molecule is CCN(CCNC(=O)c1cc(S(=O)(=O)NCc2ccccc2)ccc1C)C(C)C. The number of hydrogen-bond donors (Lipinski definition) is 2. The Labute approximate surface area is 174 Å². The van der Waals surface area contributed by atoms with Crippen LogP contribution < -0.4 is 10.0 Å². The molecule has 0 heterocycles. The minimum absolute atomic E-state index is 0.0848. The molecule has 0 radical (unpaired) electrons. The van der Waals surface area contributed by atoms with Crippen molar-refractivity contribution in [2.24, 2.45) is 0 Å². The van der Waals surface area contributed by atoms with Gasteiger partial charge in [-0.2, -0.15) is 0 Å². The van der Waals surface area contributed by atoms with Crippen LogP contribution in [0.15, 0.2) is 53.4 Å². The van der Waals surface area contributed by atoms with Gasteiger partial charge >= 0.3 is 0 Å². The molecule has 6 nitrogen and oxygen atoms in total. The fourth-order valence-electron chi connectivity index (χ4n) is 3.06. The predicted octanol–water partition coefficient (Wildman–Crippen LogP) is 2.93. The van der Waals surface area contributed by atoms with Crippen LogP contribution in [0.3, 0.4) is 0 Å². The van der Waals surface area contributed by atoms with Gasteiger partial charge in [-0.25, -0.2) is 13.1 Å². The molecule has 0 bridgehead atoms. The molecule has 0 saturated heterocycles. The molecule has 2 rings (SSSR count). The molecule has 0 atom stereocenters. The number of sulfonamides is 1. The minimum atomic E-state index is -3.72. The lowest BCUT2D eigenvalue weighted by Gasteiger charge is -2.24. The molecule has 0 aliphatic carbocycles. The maximum atomic E-state index is 12.7. The van der Waals surface area contributed by atoms with Crippen molar-refractivity contribution in [3.8, 4) is 0 Å². The zero-order valence-corrected chi connectivity index (χ0v) is 18.4. The van der Waals surface area contributed by atoms with Gasteiger partial charge in [0.05, 0.1) is 4.90 Å². The van der Waals surface area contributed by atoms with E-state index in [2.05, 4.69) is 35.7 Å². The van der Waals surface area contributed by atoms with E-state index < -0.39 is 10.0 Å². The number of aryl methyl sites for hydroxylation is 1. The lowest BCUT2D eigenvalue weighted by atomic mass is 10.1. The van der Waals surface area contributed by atoms with Crippen LogP contribution in [0.1, 0.15) is 42.3 Å². The third-order valence-corrected chi connectivity index (χ3v) is 6.29. The number of rotatable bonds is 10. The number of carbonyl (C=O) groups is 1. The van der Waals surface area contributed by atoms with Gasteiger partial charge in [-0.3, -0.25) is 9.69 Å². The molecule has 2 aromatic rings. The first-order valence-corrected chi connectivity index (χ1v) is 11.4. The molecule has 29 heavy (non-hydrogen) atoms. The van der Waals surface area contributed by atoms with E-state index in [0.29, 0.717) is 18.2 Å². The summed E-state index contributed by atoms with van der Waals surface area (Å²) in [5, 5.41) is 2.90. The molecular formula is C22H31N3O3S. The number of nitrogens with zero attached hydrogens (tertiary/aromatic N) is 1. The Morgan fingerprint density at radius 1 is 1.10 bits per heavy atom. The smallest absolute Gasteiger partial charge is 0.251 e. The highest BCUT2D eigenvalue weighted by molar-refractivity contribution is 7.89.